The van der Waals surface area contributed by atoms with Crippen molar-refractivity contribution in [1.29, 1.82) is 0 Å². The number of carbonyl (C=O) groups is 1. The van der Waals surface area contributed by atoms with Crippen LogP contribution in [0.15, 0.2) is 53.1 Å². The molecule has 2 heterocycles. The average Bonchev–Trinajstić information content (AvgIpc) is 3.29. The molecule has 2 aromatic carbocycles. The number of nitro benzene ring substituents is 1. The van der Waals surface area contributed by atoms with E-state index < -0.39 is 4.92 Å². The number of benzene rings is 2. The number of nitrogens with zero attached hydrogens (tertiary/aromatic N) is 5. The molecule has 1 saturated heterocycles. The molecule has 4 rings (SSSR count). The molecule has 1 aliphatic heterocycles. The van der Waals surface area contributed by atoms with Crippen molar-refractivity contribution in [3.63, 3.8) is 0 Å². The van der Waals surface area contributed by atoms with Crippen molar-refractivity contribution >= 4 is 11.6 Å². The molecule has 0 bridgehead atoms. The van der Waals surface area contributed by atoms with Crippen LogP contribution in [0.4, 0.5) is 5.69 Å². The lowest BCUT2D eigenvalue weighted by atomic mass is 10.1. The summed E-state index contributed by atoms with van der Waals surface area (Å²) < 4.78 is 5.50. The normalized spacial score (nSPS) is 15.6. The summed E-state index contributed by atoms with van der Waals surface area (Å²) in [7, 11) is 0. The number of amides is 1. The minimum atomic E-state index is -0.476. The second kappa shape index (κ2) is 8.65. The second-order valence-corrected chi connectivity index (χ2v) is 7.63. The van der Waals surface area contributed by atoms with E-state index >= 15 is 0 Å². The summed E-state index contributed by atoms with van der Waals surface area (Å²) in [6.45, 7) is 6.49. The van der Waals surface area contributed by atoms with E-state index in [0.29, 0.717) is 43.5 Å². The Morgan fingerprint density at radius 2 is 1.71 bits per heavy atom. The summed E-state index contributed by atoms with van der Waals surface area (Å²) in [5.41, 5.74) is 2.50. The van der Waals surface area contributed by atoms with Crippen molar-refractivity contribution in [3.05, 3.63) is 75.7 Å². The Kier molecular flexibility index (Phi) is 5.77. The van der Waals surface area contributed by atoms with Gasteiger partial charge in [-0.3, -0.25) is 19.8 Å². The van der Waals surface area contributed by atoms with Crippen molar-refractivity contribution in [1.82, 2.24) is 19.9 Å². The Hall–Kier alpha value is -3.59. The highest BCUT2D eigenvalue weighted by Gasteiger charge is 2.28. The number of non-ortho nitro benzene ring substituents is 1. The molecule has 1 atom stereocenters. The Balaban J connectivity index is 1.36. The highest BCUT2D eigenvalue weighted by atomic mass is 16.6. The molecule has 31 heavy (non-hydrogen) atoms. The van der Waals surface area contributed by atoms with Gasteiger partial charge in [0.2, 0.25) is 11.7 Å². The average molecular weight is 421 g/mol. The molecular weight excluding hydrogens is 398 g/mol. The fraction of sp³-hybridized carbons (Fsp3) is 0.318. The third-order valence-corrected chi connectivity index (χ3v) is 5.58. The zero-order chi connectivity index (χ0) is 22.0. The summed E-state index contributed by atoms with van der Waals surface area (Å²) in [5.74, 6) is 0.987. The lowest BCUT2D eigenvalue weighted by Gasteiger charge is -2.36. The number of hydrogen-bond donors (Lipinski definition) is 0. The minimum Gasteiger partial charge on any atom is -0.337 e. The van der Waals surface area contributed by atoms with E-state index in [2.05, 4.69) is 15.0 Å². The molecule has 0 aliphatic carbocycles. The third-order valence-electron chi connectivity index (χ3n) is 5.58. The van der Waals surface area contributed by atoms with E-state index in [4.69, 9.17) is 4.52 Å². The van der Waals surface area contributed by atoms with Gasteiger partial charge >= 0.3 is 0 Å². The highest BCUT2D eigenvalue weighted by molar-refractivity contribution is 5.94. The van der Waals surface area contributed by atoms with Gasteiger partial charge in [-0.2, -0.15) is 4.98 Å². The zero-order valence-electron chi connectivity index (χ0n) is 17.4. The van der Waals surface area contributed by atoms with Gasteiger partial charge in [-0.25, -0.2) is 0 Å². The summed E-state index contributed by atoms with van der Waals surface area (Å²) >= 11 is 0. The Morgan fingerprint density at radius 1 is 1.06 bits per heavy atom. The summed E-state index contributed by atoms with van der Waals surface area (Å²) in [4.78, 5) is 31.5. The molecule has 1 aromatic heterocycles. The predicted octanol–water partition coefficient (Wildman–Crippen LogP) is 3.47. The topological polar surface area (TPSA) is 106 Å². The van der Waals surface area contributed by atoms with E-state index in [-0.39, 0.29) is 17.6 Å². The zero-order valence-corrected chi connectivity index (χ0v) is 17.4. The van der Waals surface area contributed by atoms with E-state index in [9.17, 15) is 14.9 Å². The standard InChI is InChI=1S/C22H23N5O4/c1-15-3-5-17(6-4-15)20-23-21(31-24-20)16(2)25-11-13-26(14-12-25)22(28)18-7-9-19(10-8-18)27(29)30/h3-10,16H,11-14H2,1-2H3. The number of nitro groups is 1. The lowest BCUT2D eigenvalue weighted by Crippen LogP contribution is -2.49. The van der Waals surface area contributed by atoms with Crippen LogP contribution in [0.5, 0.6) is 0 Å². The maximum absolute atomic E-state index is 12.7. The molecule has 0 radical (unpaired) electrons. The van der Waals surface area contributed by atoms with Crippen LogP contribution in [0.2, 0.25) is 0 Å². The van der Waals surface area contributed by atoms with Gasteiger partial charge in [-0.05, 0) is 26.0 Å². The van der Waals surface area contributed by atoms with Gasteiger partial charge in [0.15, 0.2) is 0 Å². The van der Waals surface area contributed by atoms with Crippen LogP contribution in [-0.4, -0.2) is 56.9 Å². The monoisotopic (exact) mass is 421 g/mol. The fourth-order valence-electron chi connectivity index (χ4n) is 3.60. The predicted molar refractivity (Wildman–Crippen MR) is 113 cm³/mol. The van der Waals surface area contributed by atoms with Crippen LogP contribution in [0.3, 0.4) is 0 Å². The summed E-state index contributed by atoms with van der Waals surface area (Å²) in [5, 5.41) is 14.9. The van der Waals surface area contributed by atoms with Crippen molar-refractivity contribution in [2.24, 2.45) is 0 Å². The van der Waals surface area contributed by atoms with Crippen LogP contribution in [0.25, 0.3) is 11.4 Å². The first kappa shape index (κ1) is 20.7. The van der Waals surface area contributed by atoms with Crippen molar-refractivity contribution < 1.29 is 14.2 Å². The molecule has 160 valence electrons. The second-order valence-electron chi connectivity index (χ2n) is 7.63. The van der Waals surface area contributed by atoms with Gasteiger partial charge in [0.25, 0.3) is 11.6 Å². The molecule has 1 amide bonds. The fourth-order valence-corrected chi connectivity index (χ4v) is 3.60. The number of aryl methyl sites for hydroxylation is 1. The van der Waals surface area contributed by atoms with E-state index in [1.165, 1.54) is 29.8 Å². The van der Waals surface area contributed by atoms with Crippen LogP contribution in [0.1, 0.15) is 34.8 Å². The van der Waals surface area contributed by atoms with Gasteiger partial charge in [-0.15, -0.1) is 0 Å². The van der Waals surface area contributed by atoms with Crippen LogP contribution in [-0.2, 0) is 0 Å². The molecule has 9 nitrogen and oxygen atoms in total. The van der Waals surface area contributed by atoms with Crippen molar-refractivity contribution in [3.8, 4) is 11.4 Å². The first-order chi connectivity index (χ1) is 14.9. The van der Waals surface area contributed by atoms with Gasteiger partial charge in [0.1, 0.15) is 0 Å². The van der Waals surface area contributed by atoms with E-state index in [1.54, 1.807) is 4.90 Å². The van der Waals surface area contributed by atoms with E-state index in [1.807, 2.05) is 38.1 Å². The maximum Gasteiger partial charge on any atom is 0.269 e. The lowest BCUT2D eigenvalue weighted by molar-refractivity contribution is -0.384. The van der Waals surface area contributed by atoms with Gasteiger partial charge in [-0.1, -0.05) is 35.0 Å². The van der Waals surface area contributed by atoms with Crippen LogP contribution < -0.4 is 0 Å². The number of rotatable bonds is 5. The smallest absolute Gasteiger partial charge is 0.269 e. The molecule has 0 saturated carbocycles. The Bertz CT molecular complexity index is 1070. The molecule has 3 aromatic rings. The number of carbonyl (C=O) groups excluding carboxylic acids is 1. The quantitative estimate of drug-likeness (QED) is 0.459. The van der Waals surface area contributed by atoms with Gasteiger partial charge in [0.05, 0.1) is 11.0 Å². The maximum atomic E-state index is 12.7. The Morgan fingerprint density at radius 3 is 2.32 bits per heavy atom. The first-order valence-corrected chi connectivity index (χ1v) is 10.1. The largest absolute Gasteiger partial charge is 0.337 e. The van der Waals surface area contributed by atoms with Crippen molar-refractivity contribution in [2.75, 3.05) is 26.2 Å². The van der Waals surface area contributed by atoms with Crippen LogP contribution >= 0.6 is 0 Å². The third kappa shape index (κ3) is 4.46. The highest BCUT2D eigenvalue weighted by Crippen LogP contribution is 2.24. The summed E-state index contributed by atoms with van der Waals surface area (Å²) in [6, 6.07) is 13.6. The first-order valence-electron chi connectivity index (χ1n) is 10.1. The number of aromatic nitrogens is 2. The minimum absolute atomic E-state index is 0.0280. The summed E-state index contributed by atoms with van der Waals surface area (Å²) in [6.07, 6.45) is 0. The molecule has 0 N–H and O–H groups in total. The molecule has 0 spiro atoms. The van der Waals surface area contributed by atoms with E-state index in [0.717, 1.165) is 5.56 Å². The molecule has 1 fully saturated rings. The van der Waals surface area contributed by atoms with Crippen molar-refractivity contribution in [2.45, 2.75) is 19.9 Å². The molecule has 9 heteroatoms. The molecule has 1 aliphatic rings. The molecular formula is C22H23N5O4. The number of piperazine rings is 1. The van der Waals surface area contributed by atoms with Gasteiger partial charge in [0, 0.05) is 49.4 Å². The molecule has 1 unspecified atom stereocenters. The van der Waals surface area contributed by atoms with Gasteiger partial charge < -0.3 is 9.42 Å². The number of hydrogen-bond acceptors (Lipinski definition) is 7. The SMILES string of the molecule is Cc1ccc(-c2noc(C(C)N3CCN(C(=O)c4ccc([N+](=O)[O-])cc4)CC3)n2)cc1. The van der Waals surface area contributed by atoms with Crippen LogP contribution in [0, 0.1) is 17.0 Å². The Labute approximate surface area is 179 Å².